The van der Waals surface area contributed by atoms with E-state index in [-0.39, 0.29) is 19.3 Å². The average Bonchev–Trinajstić information content (AvgIpc) is 0.764. The molecule has 0 radical (unpaired) electrons. The standard InChI is InChI=1S/C70H129O24P/c1-4-7-10-13-16-19-22-25-28-31-34-37-40-43-46-56(74)89-51(48-86-54(72)44-41-38-35-32-29-26-23-20-17-14-11-8-5-2)49-88-95(84,85)94-68-66(92-69-64(82)59(77)57(75)52(47-71)90-69)62(80)61(79)63(81)67(68)93-70-65(83)60(78)58(76)53(91-70)50-87-55(73)45-42-39-36-33-30-27-24-21-18-15-12-9-6-3/h28,31,51-53,57-71,75-83H,4-27,29-30,32-50H2,1-3H3,(H,84,85)/b31-28-. The first kappa shape index (κ1) is 86.9. The molecule has 24 nitrogen and oxygen atoms in total. The second-order valence-electron chi connectivity index (χ2n) is 26.7. The van der Waals surface area contributed by atoms with Crippen molar-refractivity contribution in [2.24, 2.45) is 0 Å². The molecule has 0 amide bonds. The van der Waals surface area contributed by atoms with Gasteiger partial charge in [-0.2, -0.15) is 0 Å². The number of carbonyl (C=O) groups is 3. The predicted octanol–water partition coefficient (Wildman–Crippen LogP) is 9.57. The molecule has 18 atom stereocenters. The third kappa shape index (κ3) is 36.2. The highest BCUT2D eigenvalue weighted by atomic mass is 31.2. The summed E-state index contributed by atoms with van der Waals surface area (Å²) in [6.07, 6.45) is 10.1. The molecule has 0 spiro atoms. The first-order valence-electron chi connectivity index (χ1n) is 37.0. The van der Waals surface area contributed by atoms with E-state index in [1.165, 1.54) is 128 Å². The van der Waals surface area contributed by atoms with Crippen LogP contribution in [0.2, 0.25) is 0 Å². The molecule has 11 N–H and O–H groups in total. The van der Waals surface area contributed by atoms with Crippen LogP contribution < -0.4 is 0 Å². The SMILES string of the molecule is CCCCCCCCC/C=C\CCCCCC(=O)OC(COC(=O)CCCCCCCCCCCCCCC)COP(=O)(O)OC1C(OC2OC(CO)C(O)C(O)C2O)C(O)C(O)C(O)C1OC1OC(COC(=O)CCCCCCCCCCCCCCC)C(O)C(O)C1O. The normalized spacial score (nSPS) is 28.1. The van der Waals surface area contributed by atoms with Gasteiger partial charge >= 0.3 is 25.7 Å². The quantitative estimate of drug-likeness (QED) is 0.00887. The summed E-state index contributed by atoms with van der Waals surface area (Å²) in [5.74, 6) is -2.00. The minimum atomic E-state index is -5.69. The fourth-order valence-corrected chi connectivity index (χ4v) is 13.2. The van der Waals surface area contributed by atoms with Gasteiger partial charge in [0.15, 0.2) is 18.7 Å². The van der Waals surface area contributed by atoms with Crippen molar-refractivity contribution in [3.8, 4) is 0 Å². The molecule has 558 valence electrons. The van der Waals surface area contributed by atoms with Crippen LogP contribution in [0.5, 0.6) is 0 Å². The zero-order valence-corrected chi connectivity index (χ0v) is 58.9. The van der Waals surface area contributed by atoms with Gasteiger partial charge in [0.25, 0.3) is 0 Å². The molecule has 1 saturated carbocycles. The molecule has 0 bridgehead atoms. The maximum absolute atomic E-state index is 14.3. The van der Waals surface area contributed by atoms with E-state index in [1.54, 1.807) is 0 Å². The van der Waals surface area contributed by atoms with E-state index in [0.29, 0.717) is 25.7 Å². The number of phosphoric acid groups is 1. The number of carbonyl (C=O) groups excluding carboxylic acids is 3. The number of phosphoric ester groups is 1. The van der Waals surface area contributed by atoms with Gasteiger partial charge in [0.1, 0.15) is 98.7 Å². The van der Waals surface area contributed by atoms with Crippen LogP contribution >= 0.6 is 7.82 Å². The lowest BCUT2D eigenvalue weighted by atomic mass is 9.84. The van der Waals surface area contributed by atoms with Crippen molar-refractivity contribution in [3.63, 3.8) is 0 Å². The molecule has 3 rings (SSSR count). The zero-order valence-electron chi connectivity index (χ0n) is 58.0. The Kier molecular flexibility index (Phi) is 48.2. The number of unbranched alkanes of at least 4 members (excludes halogenated alkanes) is 34. The van der Waals surface area contributed by atoms with Gasteiger partial charge in [-0.25, -0.2) is 4.57 Å². The first-order chi connectivity index (χ1) is 45.8. The van der Waals surface area contributed by atoms with Crippen LogP contribution in [-0.2, 0) is 61.2 Å². The van der Waals surface area contributed by atoms with Gasteiger partial charge in [-0.3, -0.25) is 23.4 Å². The van der Waals surface area contributed by atoms with E-state index in [2.05, 4.69) is 32.9 Å². The maximum Gasteiger partial charge on any atom is 0.472 e. The lowest BCUT2D eigenvalue weighted by molar-refractivity contribution is -0.360. The van der Waals surface area contributed by atoms with Gasteiger partial charge < -0.3 is 89.1 Å². The molecular weight excluding hydrogens is 1260 g/mol. The van der Waals surface area contributed by atoms with Crippen LogP contribution in [-0.4, -0.2) is 204 Å². The molecule has 0 aromatic heterocycles. The van der Waals surface area contributed by atoms with Crippen molar-refractivity contribution < 1.29 is 117 Å². The van der Waals surface area contributed by atoms with Gasteiger partial charge in [0, 0.05) is 19.3 Å². The highest BCUT2D eigenvalue weighted by Crippen LogP contribution is 2.49. The summed E-state index contributed by atoms with van der Waals surface area (Å²) in [6, 6.07) is 0. The molecule has 2 aliphatic heterocycles. The molecule has 95 heavy (non-hydrogen) atoms. The number of hydrogen-bond acceptors (Lipinski definition) is 23. The van der Waals surface area contributed by atoms with Crippen LogP contribution in [0.25, 0.3) is 0 Å². The van der Waals surface area contributed by atoms with Crippen LogP contribution in [0.4, 0.5) is 0 Å². The summed E-state index contributed by atoms with van der Waals surface area (Å²) in [7, 11) is -5.69. The maximum atomic E-state index is 14.3. The smallest absolute Gasteiger partial charge is 0.463 e. The Bertz CT molecular complexity index is 2020. The first-order valence-corrected chi connectivity index (χ1v) is 38.5. The van der Waals surface area contributed by atoms with Crippen molar-refractivity contribution in [2.45, 2.75) is 388 Å². The van der Waals surface area contributed by atoms with E-state index in [4.69, 9.17) is 42.2 Å². The Hall–Kier alpha value is -2.30. The molecule has 25 heteroatoms. The third-order valence-corrected chi connectivity index (χ3v) is 19.3. The number of aliphatic hydroxyl groups is 10. The Labute approximate surface area is 567 Å². The lowest BCUT2D eigenvalue weighted by Gasteiger charge is -2.49. The van der Waals surface area contributed by atoms with E-state index >= 15 is 0 Å². The second kappa shape index (κ2) is 52.6. The Morgan fingerprint density at radius 2 is 0.737 bits per heavy atom. The highest BCUT2D eigenvalue weighted by molar-refractivity contribution is 7.47. The number of ether oxygens (including phenoxy) is 7. The van der Waals surface area contributed by atoms with Gasteiger partial charge in [-0.15, -0.1) is 0 Å². The average molecular weight is 1390 g/mol. The minimum absolute atomic E-state index is 0.0316. The number of rotatable bonds is 57. The van der Waals surface area contributed by atoms with Gasteiger partial charge in [-0.1, -0.05) is 232 Å². The number of aliphatic hydroxyl groups excluding tert-OH is 10. The summed E-state index contributed by atoms with van der Waals surface area (Å²) in [4.78, 5) is 50.9. The summed E-state index contributed by atoms with van der Waals surface area (Å²) in [5.41, 5.74) is 0. The Morgan fingerprint density at radius 1 is 0.400 bits per heavy atom. The Morgan fingerprint density at radius 3 is 1.15 bits per heavy atom. The van der Waals surface area contributed by atoms with Crippen LogP contribution in [0.3, 0.4) is 0 Å². The van der Waals surface area contributed by atoms with E-state index in [9.17, 15) is 74.9 Å². The van der Waals surface area contributed by atoms with Crippen LogP contribution in [0.15, 0.2) is 12.2 Å². The van der Waals surface area contributed by atoms with Gasteiger partial charge in [-0.05, 0) is 44.9 Å². The second-order valence-corrected chi connectivity index (χ2v) is 28.1. The molecular formula is C70H129O24P. The molecule has 3 aliphatic rings. The summed E-state index contributed by atoms with van der Waals surface area (Å²) >= 11 is 0. The van der Waals surface area contributed by atoms with Crippen LogP contribution in [0.1, 0.15) is 284 Å². The molecule has 2 heterocycles. The highest BCUT2D eigenvalue weighted by Gasteiger charge is 2.58. The van der Waals surface area contributed by atoms with E-state index in [1.807, 2.05) is 0 Å². The Balaban J connectivity index is 1.75. The monoisotopic (exact) mass is 1380 g/mol. The van der Waals surface area contributed by atoms with Crippen molar-refractivity contribution in [3.05, 3.63) is 12.2 Å². The predicted molar refractivity (Wildman–Crippen MR) is 356 cm³/mol. The molecule has 3 fully saturated rings. The van der Waals surface area contributed by atoms with Crippen molar-refractivity contribution in [2.75, 3.05) is 26.4 Å². The summed E-state index contributed by atoms with van der Waals surface area (Å²) in [6.45, 7) is 3.42. The molecule has 0 aromatic rings. The fraction of sp³-hybridized carbons (Fsp3) is 0.929. The third-order valence-electron chi connectivity index (χ3n) is 18.3. The van der Waals surface area contributed by atoms with Crippen LogP contribution in [0, 0.1) is 0 Å². The van der Waals surface area contributed by atoms with Crippen molar-refractivity contribution in [1.82, 2.24) is 0 Å². The number of hydrogen-bond donors (Lipinski definition) is 11. The van der Waals surface area contributed by atoms with Crippen molar-refractivity contribution in [1.29, 1.82) is 0 Å². The van der Waals surface area contributed by atoms with Gasteiger partial charge in [0.05, 0.1) is 13.2 Å². The molecule has 1 aliphatic carbocycles. The van der Waals surface area contributed by atoms with Gasteiger partial charge in [0.2, 0.25) is 0 Å². The largest absolute Gasteiger partial charge is 0.472 e. The number of esters is 3. The molecule has 0 aromatic carbocycles. The molecule has 18 unspecified atom stereocenters. The number of allylic oxidation sites excluding steroid dienone is 2. The zero-order chi connectivity index (χ0) is 69.6. The fourth-order valence-electron chi connectivity index (χ4n) is 12.2. The van der Waals surface area contributed by atoms with E-state index in [0.717, 1.165) is 89.9 Å². The minimum Gasteiger partial charge on any atom is -0.463 e. The lowest BCUT2D eigenvalue weighted by Crippen LogP contribution is -2.69. The summed E-state index contributed by atoms with van der Waals surface area (Å²) < 4.78 is 64.9. The summed E-state index contributed by atoms with van der Waals surface area (Å²) in [5, 5.41) is 110. The van der Waals surface area contributed by atoms with E-state index < -0.39 is 156 Å². The topological polar surface area (TPSA) is 374 Å². The molecule has 2 saturated heterocycles. The van der Waals surface area contributed by atoms with Crippen molar-refractivity contribution >= 4 is 25.7 Å².